The summed E-state index contributed by atoms with van der Waals surface area (Å²) in [5.74, 6) is -0.576. The lowest BCUT2D eigenvalue weighted by molar-refractivity contribution is -0.140. The normalized spacial score (nSPS) is 12.1. The summed E-state index contributed by atoms with van der Waals surface area (Å²) in [7, 11) is -4.17. The van der Waals surface area contributed by atoms with Crippen LogP contribution < -0.4 is 9.62 Å². The first-order valence-electron chi connectivity index (χ1n) is 15.4. The number of carbonyl (C=O) groups is 2. The predicted octanol–water partition coefficient (Wildman–Crippen LogP) is 6.98. The third-order valence-corrected chi connectivity index (χ3v) is 9.99. The number of anilines is 1. The van der Waals surface area contributed by atoms with Crippen LogP contribution in [-0.2, 0) is 32.6 Å². The van der Waals surface area contributed by atoms with E-state index >= 15 is 0 Å². The quantitative estimate of drug-likeness (QED) is 0.163. The molecule has 1 unspecified atom stereocenters. The fourth-order valence-electron chi connectivity index (χ4n) is 5.15. The number of hydrogen-bond acceptors (Lipinski definition) is 4. The first-order chi connectivity index (χ1) is 21.8. The molecule has 242 valence electrons. The molecular weight excluding hydrogens is 662 g/mol. The lowest BCUT2D eigenvalue weighted by atomic mass is 10.0. The number of sulfonamides is 1. The molecule has 0 saturated heterocycles. The van der Waals surface area contributed by atoms with Gasteiger partial charge in [-0.2, -0.15) is 0 Å². The van der Waals surface area contributed by atoms with Gasteiger partial charge in [0.05, 0.1) is 10.6 Å². The zero-order chi connectivity index (χ0) is 33.4. The molecule has 4 aromatic rings. The van der Waals surface area contributed by atoms with E-state index in [9.17, 15) is 18.0 Å². The second-order valence-electron chi connectivity index (χ2n) is 12.1. The summed E-state index contributed by atoms with van der Waals surface area (Å²) in [4.78, 5) is 30.2. The molecule has 0 aromatic heterocycles. The maximum Gasteiger partial charge on any atom is 0.264 e. The van der Waals surface area contributed by atoms with Gasteiger partial charge in [-0.05, 0) is 79.3 Å². The number of hydrogen-bond donors (Lipinski definition) is 1. The molecule has 0 aliphatic carbocycles. The van der Waals surface area contributed by atoms with E-state index in [1.54, 1.807) is 30.3 Å². The van der Waals surface area contributed by atoms with E-state index in [0.717, 1.165) is 26.7 Å². The Morgan fingerprint density at radius 2 is 1.46 bits per heavy atom. The Labute approximate surface area is 281 Å². The van der Waals surface area contributed by atoms with Crippen LogP contribution in [0.2, 0.25) is 0 Å². The minimum atomic E-state index is -4.17. The zero-order valence-corrected chi connectivity index (χ0v) is 29.4. The molecule has 46 heavy (non-hydrogen) atoms. The second-order valence-corrected chi connectivity index (χ2v) is 14.9. The Morgan fingerprint density at radius 3 is 2.11 bits per heavy atom. The molecule has 0 fully saturated rings. The van der Waals surface area contributed by atoms with Crippen molar-refractivity contribution >= 4 is 43.5 Å². The highest BCUT2D eigenvalue weighted by atomic mass is 79.9. The number of aryl methyl sites for hydroxylation is 3. The Morgan fingerprint density at radius 1 is 0.804 bits per heavy atom. The van der Waals surface area contributed by atoms with Crippen LogP contribution in [0.3, 0.4) is 0 Å². The molecule has 9 heteroatoms. The number of halogens is 1. The third-order valence-electron chi connectivity index (χ3n) is 7.72. The van der Waals surface area contributed by atoms with E-state index < -0.39 is 28.5 Å². The standard InChI is InChI=1S/C37H42BrN3O4S/c1-26(2)23-39-37(43)35(22-30-10-7-6-8-11-30)40(24-31-12-9-13-32(38)21-31)36(42)25-41(34-20-28(4)14-17-29(34)5)46(44,45)33-18-15-27(3)16-19-33/h6-21,26,35H,22-25H2,1-5H3,(H,39,43). The van der Waals surface area contributed by atoms with E-state index in [0.29, 0.717) is 17.8 Å². The number of carbonyl (C=O) groups excluding carboxylic acids is 2. The Hall–Kier alpha value is -3.95. The number of amides is 2. The molecule has 1 N–H and O–H groups in total. The van der Waals surface area contributed by atoms with Gasteiger partial charge < -0.3 is 10.2 Å². The Kier molecular flexibility index (Phi) is 11.8. The van der Waals surface area contributed by atoms with E-state index in [1.165, 1.54) is 9.21 Å². The molecule has 4 rings (SSSR count). The number of nitrogens with zero attached hydrogens (tertiary/aromatic N) is 2. The fraction of sp³-hybridized carbons (Fsp3) is 0.297. The van der Waals surface area contributed by atoms with Crippen LogP contribution >= 0.6 is 15.9 Å². The van der Waals surface area contributed by atoms with Crippen molar-refractivity contribution in [3.05, 3.63) is 129 Å². The highest BCUT2D eigenvalue weighted by Gasteiger charge is 2.35. The van der Waals surface area contributed by atoms with E-state index in [-0.39, 0.29) is 29.7 Å². The van der Waals surface area contributed by atoms with Crippen molar-refractivity contribution in [1.82, 2.24) is 10.2 Å². The summed E-state index contributed by atoms with van der Waals surface area (Å²) in [6.45, 7) is 9.68. The number of rotatable bonds is 13. The molecule has 0 heterocycles. The van der Waals surface area contributed by atoms with Crippen LogP contribution in [0, 0.1) is 26.7 Å². The Balaban J connectivity index is 1.83. The maximum atomic E-state index is 14.6. The maximum absolute atomic E-state index is 14.6. The minimum absolute atomic E-state index is 0.0841. The van der Waals surface area contributed by atoms with E-state index in [4.69, 9.17) is 0 Å². The predicted molar refractivity (Wildman–Crippen MR) is 188 cm³/mol. The van der Waals surface area contributed by atoms with Crippen LogP contribution in [-0.4, -0.2) is 44.3 Å². The molecule has 7 nitrogen and oxygen atoms in total. The van der Waals surface area contributed by atoms with Crippen molar-refractivity contribution in [1.29, 1.82) is 0 Å². The zero-order valence-electron chi connectivity index (χ0n) is 27.0. The van der Waals surface area contributed by atoms with Gasteiger partial charge in [-0.3, -0.25) is 13.9 Å². The van der Waals surface area contributed by atoms with Gasteiger partial charge in [0, 0.05) is 24.0 Å². The third kappa shape index (κ3) is 9.07. The van der Waals surface area contributed by atoms with Crippen LogP contribution in [0.4, 0.5) is 5.69 Å². The van der Waals surface area contributed by atoms with E-state index in [2.05, 4.69) is 21.2 Å². The Bertz CT molecular complexity index is 1760. The van der Waals surface area contributed by atoms with Gasteiger partial charge in [-0.25, -0.2) is 8.42 Å². The van der Waals surface area contributed by atoms with Crippen molar-refractivity contribution in [2.75, 3.05) is 17.4 Å². The first kappa shape index (κ1) is 34.9. The van der Waals surface area contributed by atoms with Crippen molar-refractivity contribution in [2.24, 2.45) is 5.92 Å². The van der Waals surface area contributed by atoms with Crippen LogP contribution in [0.15, 0.2) is 106 Å². The summed E-state index contributed by atoms with van der Waals surface area (Å²) in [6, 6.07) is 28.4. The smallest absolute Gasteiger partial charge is 0.264 e. The van der Waals surface area contributed by atoms with Gasteiger partial charge in [0.1, 0.15) is 12.6 Å². The van der Waals surface area contributed by atoms with Gasteiger partial charge in [-0.1, -0.05) is 102 Å². The van der Waals surface area contributed by atoms with Gasteiger partial charge >= 0.3 is 0 Å². The molecule has 0 saturated carbocycles. The van der Waals surface area contributed by atoms with Crippen LogP contribution in [0.25, 0.3) is 0 Å². The van der Waals surface area contributed by atoms with Gasteiger partial charge in [0.2, 0.25) is 11.8 Å². The van der Waals surface area contributed by atoms with Crippen molar-refractivity contribution in [3.8, 4) is 0 Å². The second kappa shape index (κ2) is 15.6. The molecule has 0 aliphatic heterocycles. The molecular formula is C37H42BrN3O4S. The van der Waals surface area contributed by atoms with Gasteiger partial charge in [-0.15, -0.1) is 0 Å². The SMILES string of the molecule is Cc1ccc(S(=O)(=O)N(CC(=O)N(Cc2cccc(Br)c2)C(Cc2ccccc2)C(=O)NCC(C)C)c2cc(C)ccc2C)cc1. The number of benzene rings is 4. The average molecular weight is 705 g/mol. The molecule has 0 aliphatic rings. The molecule has 0 bridgehead atoms. The monoisotopic (exact) mass is 703 g/mol. The highest BCUT2D eigenvalue weighted by Crippen LogP contribution is 2.29. The van der Waals surface area contributed by atoms with Crippen molar-refractivity contribution < 1.29 is 18.0 Å². The summed E-state index contributed by atoms with van der Waals surface area (Å²) in [5.41, 5.74) is 4.60. The average Bonchev–Trinajstić information content (AvgIpc) is 3.02. The first-order valence-corrected chi connectivity index (χ1v) is 17.6. The molecule has 0 radical (unpaired) electrons. The molecule has 1 atom stereocenters. The minimum Gasteiger partial charge on any atom is -0.354 e. The van der Waals surface area contributed by atoms with Crippen molar-refractivity contribution in [2.45, 2.75) is 58.5 Å². The number of nitrogens with one attached hydrogen (secondary N) is 1. The molecule has 4 aromatic carbocycles. The van der Waals surface area contributed by atoms with Gasteiger partial charge in [0.25, 0.3) is 10.0 Å². The summed E-state index contributed by atoms with van der Waals surface area (Å²) < 4.78 is 30.6. The molecule has 2 amide bonds. The lowest BCUT2D eigenvalue weighted by Gasteiger charge is -2.34. The summed E-state index contributed by atoms with van der Waals surface area (Å²) in [5, 5.41) is 3.02. The largest absolute Gasteiger partial charge is 0.354 e. The fourth-order valence-corrected chi connectivity index (χ4v) is 7.06. The van der Waals surface area contributed by atoms with Gasteiger partial charge in [0.15, 0.2) is 0 Å². The van der Waals surface area contributed by atoms with E-state index in [1.807, 2.05) is 101 Å². The molecule has 0 spiro atoms. The highest BCUT2D eigenvalue weighted by molar-refractivity contribution is 9.10. The van der Waals surface area contributed by atoms with Crippen LogP contribution in [0.1, 0.15) is 41.7 Å². The summed E-state index contributed by atoms with van der Waals surface area (Å²) in [6.07, 6.45) is 0.263. The topological polar surface area (TPSA) is 86.8 Å². The lowest BCUT2D eigenvalue weighted by Crippen LogP contribution is -2.53. The summed E-state index contributed by atoms with van der Waals surface area (Å²) >= 11 is 3.52. The van der Waals surface area contributed by atoms with Crippen LogP contribution in [0.5, 0.6) is 0 Å². The van der Waals surface area contributed by atoms with Crippen molar-refractivity contribution in [3.63, 3.8) is 0 Å².